The SMILES string of the molecule is CC1(C(=O)N2CCCC(CC(=O)O)CC2)CCC(F)(F)CC1. The van der Waals surface area contributed by atoms with Crippen LogP contribution in [0.2, 0.25) is 0 Å². The molecular weight excluding hydrogens is 292 g/mol. The highest BCUT2D eigenvalue weighted by atomic mass is 19.3. The Kier molecular flexibility index (Phi) is 5.07. The van der Waals surface area contributed by atoms with Crippen molar-refractivity contribution < 1.29 is 23.5 Å². The van der Waals surface area contributed by atoms with E-state index in [0.717, 1.165) is 12.8 Å². The summed E-state index contributed by atoms with van der Waals surface area (Å²) in [5, 5.41) is 8.88. The van der Waals surface area contributed by atoms with Gasteiger partial charge in [-0.25, -0.2) is 8.78 Å². The lowest BCUT2D eigenvalue weighted by molar-refractivity contribution is -0.148. The molecule has 0 aromatic carbocycles. The number of halogens is 2. The molecule has 2 fully saturated rings. The molecule has 1 amide bonds. The molecule has 6 heteroatoms. The second kappa shape index (κ2) is 6.50. The molecule has 1 atom stereocenters. The first-order valence-electron chi connectivity index (χ1n) is 8.11. The molecule has 0 aromatic rings. The van der Waals surface area contributed by atoms with Gasteiger partial charge in [-0.3, -0.25) is 9.59 Å². The summed E-state index contributed by atoms with van der Waals surface area (Å²) in [5.74, 6) is -3.35. The summed E-state index contributed by atoms with van der Waals surface area (Å²) in [4.78, 5) is 25.3. The van der Waals surface area contributed by atoms with Crippen LogP contribution < -0.4 is 0 Å². The number of alkyl halides is 2. The van der Waals surface area contributed by atoms with Crippen molar-refractivity contribution in [3.05, 3.63) is 0 Å². The molecule has 0 aromatic heterocycles. The van der Waals surface area contributed by atoms with Crippen molar-refractivity contribution in [3.8, 4) is 0 Å². The van der Waals surface area contributed by atoms with Crippen LogP contribution in [-0.4, -0.2) is 40.9 Å². The fourth-order valence-electron chi connectivity index (χ4n) is 3.58. The zero-order valence-corrected chi connectivity index (χ0v) is 13.1. The molecule has 2 aliphatic rings. The monoisotopic (exact) mass is 317 g/mol. The Morgan fingerprint density at radius 3 is 2.36 bits per heavy atom. The van der Waals surface area contributed by atoms with Gasteiger partial charge < -0.3 is 10.0 Å². The molecular formula is C16H25F2NO3. The molecule has 1 heterocycles. The maximum absolute atomic E-state index is 13.3. The summed E-state index contributed by atoms with van der Waals surface area (Å²) >= 11 is 0. The molecule has 1 saturated carbocycles. The van der Waals surface area contributed by atoms with E-state index in [-0.39, 0.29) is 43.9 Å². The Morgan fingerprint density at radius 1 is 1.14 bits per heavy atom. The van der Waals surface area contributed by atoms with E-state index >= 15 is 0 Å². The molecule has 1 N–H and O–H groups in total. The molecule has 126 valence electrons. The number of carboxylic acid groups (broad SMARTS) is 1. The minimum Gasteiger partial charge on any atom is -0.481 e. The Bertz CT molecular complexity index is 429. The standard InChI is InChI=1S/C16H25F2NO3/c1-15(5-7-16(17,18)8-6-15)14(22)19-9-2-3-12(4-10-19)11-13(20)21/h12H,2-11H2,1H3,(H,20,21). The molecule has 1 saturated heterocycles. The Morgan fingerprint density at radius 2 is 1.77 bits per heavy atom. The fraction of sp³-hybridized carbons (Fsp3) is 0.875. The van der Waals surface area contributed by atoms with Gasteiger partial charge >= 0.3 is 5.97 Å². The predicted octanol–water partition coefficient (Wildman–Crippen LogP) is 3.31. The van der Waals surface area contributed by atoms with Crippen LogP contribution >= 0.6 is 0 Å². The van der Waals surface area contributed by atoms with Crippen molar-refractivity contribution in [2.24, 2.45) is 11.3 Å². The number of aliphatic carboxylic acids is 1. The van der Waals surface area contributed by atoms with E-state index in [1.807, 2.05) is 0 Å². The third-order valence-electron chi connectivity index (χ3n) is 5.20. The number of likely N-dealkylation sites (tertiary alicyclic amines) is 1. The van der Waals surface area contributed by atoms with E-state index in [4.69, 9.17) is 5.11 Å². The lowest BCUT2D eigenvalue weighted by atomic mass is 9.73. The molecule has 1 aliphatic carbocycles. The Labute approximate surface area is 129 Å². The van der Waals surface area contributed by atoms with Gasteiger partial charge in [0.25, 0.3) is 0 Å². The summed E-state index contributed by atoms with van der Waals surface area (Å²) < 4.78 is 26.6. The summed E-state index contributed by atoms with van der Waals surface area (Å²) in [7, 11) is 0. The van der Waals surface area contributed by atoms with Crippen molar-refractivity contribution in [2.45, 2.75) is 64.2 Å². The van der Waals surface area contributed by atoms with Crippen LogP contribution in [0.15, 0.2) is 0 Å². The summed E-state index contributed by atoms with van der Waals surface area (Å²) in [6, 6.07) is 0. The lowest BCUT2D eigenvalue weighted by Gasteiger charge is -2.39. The third-order valence-corrected chi connectivity index (χ3v) is 5.20. The summed E-state index contributed by atoms with van der Waals surface area (Å²) in [5.41, 5.74) is -0.686. The number of hydrogen-bond acceptors (Lipinski definition) is 2. The number of hydrogen-bond donors (Lipinski definition) is 1. The molecule has 0 spiro atoms. The third kappa shape index (κ3) is 4.17. The van der Waals surface area contributed by atoms with Gasteiger partial charge in [-0.05, 0) is 38.0 Å². The molecule has 0 bridgehead atoms. The maximum Gasteiger partial charge on any atom is 0.303 e. The van der Waals surface area contributed by atoms with Crippen molar-refractivity contribution in [2.75, 3.05) is 13.1 Å². The second-order valence-corrected chi connectivity index (χ2v) is 7.10. The van der Waals surface area contributed by atoms with Crippen LogP contribution in [0.25, 0.3) is 0 Å². The molecule has 0 radical (unpaired) electrons. The van der Waals surface area contributed by atoms with Crippen molar-refractivity contribution in [1.82, 2.24) is 4.90 Å². The number of nitrogens with zero attached hydrogens (tertiary/aromatic N) is 1. The molecule has 22 heavy (non-hydrogen) atoms. The quantitative estimate of drug-likeness (QED) is 0.869. The van der Waals surface area contributed by atoms with Crippen molar-refractivity contribution >= 4 is 11.9 Å². The van der Waals surface area contributed by atoms with Crippen LogP contribution in [0, 0.1) is 11.3 Å². The van der Waals surface area contributed by atoms with Gasteiger partial charge in [-0.2, -0.15) is 0 Å². The van der Waals surface area contributed by atoms with Crippen molar-refractivity contribution in [3.63, 3.8) is 0 Å². The van der Waals surface area contributed by atoms with E-state index in [1.165, 1.54) is 0 Å². The number of carbonyl (C=O) groups is 2. The van der Waals surface area contributed by atoms with Gasteiger partial charge in [-0.15, -0.1) is 0 Å². The number of carboxylic acids is 1. The van der Waals surface area contributed by atoms with Gasteiger partial charge in [0.2, 0.25) is 11.8 Å². The largest absolute Gasteiger partial charge is 0.481 e. The lowest BCUT2D eigenvalue weighted by Crippen LogP contribution is -2.46. The minimum atomic E-state index is -2.63. The van der Waals surface area contributed by atoms with E-state index < -0.39 is 17.3 Å². The smallest absolute Gasteiger partial charge is 0.303 e. The van der Waals surface area contributed by atoms with Crippen LogP contribution in [0.4, 0.5) is 8.78 Å². The zero-order valence-electron chi connectivity index (χ0n) is 13.1. The first kappa shape index (κ1) is 17.2. The summed E-state index contributed by atoms with van der Waals surface area (Å²) in [6.45, 7) is 2.95. The fourth-order valence-corrected chi connectivity index (χ4v) is 3.58. The predicted molar refractivity (Wildman–Crippen MR) is 77.7 cm³/mol. The number of carbonyl (C=O) groups excluding carboxylic acids is 1. The van der Waals surface area contributed by atoms with Gasteiger partial charge in [0.05, 0.1) is 0 Å². The highest BCUT2D eigenvalue weighted by Gasteiger charge is 2.46. The number of rotatable bonds is 3. The number of amides is 1. The zero-order chi connectivity index (χ0) is 16.4. The normalized spacial score (nSPS) is 28.0. The summed E-state index contributed by atoms with van der Waals surface area (Å²) in [6.07, 6.45) is 2.45. The second-order valence-electron chi connectivity index (χ2n) is 7.10. The van der Waals surface area contributed by atoms with Crippen molar-refractivity contribution in [1.29, 1.82) is 0 Å². The van der Waals surface area contributed by atoms with Crippen LogP contribution in [-0.2, 0) is 9.59 Å². The van der Waals surface area contributed by atoms with Crippen LogP contribution in [0.5, 0.6) is 0 Å². The molecule has 1 aliphatic heterocycles. The average molecular weight is 317 g/mol. The van der Waals surface area contributed by atoms with E-state index in [0.29, 0.717) is 19.5 Å². The van der Waals surface area contributed by atoms with Gasteiger partial charge in [-0.1, -0.05) is 6.92 Å². The molecule has 1 unspecified atom stereocenters. The topological polar surface area (TPSA) is 57.6 Å². The van der Waals surface area contributed by atoms with E-state index in [9.17, 15) is 18.4 Å². The maximum atomic E-state index is 13.3. The molecule has 2 rings (SSSR count). The average Bonchev–Trinajstić information content (AvgIpc) is 2.67. The van der Waals surface area contributed by atoms with Crippen LogP contribution in [0.3, 0.4) is 0 Å². The highest BCUT2D eigenvalue weighted by Crippen LogP contribution is 2.44. The van der Waals surface area contributed by atoms with Gasteiger partial charge in [0.15, 0.2) is 0 Å². The Hall–Kier alpha value is -1.20. The van der Waals surface area contributed by atoms with Gasteiger partial charge in [0.1, 0.15) is 0 Å². The first-order valence-corrected chi connectivity index (χ1v) is 8.11. The highest BCUT2D eigenvalue weighted by molar-refractivity contribution is 5.82. The van der Waals surface area contributed by atoms with Crippen LogP contribution in [0.1, 0.15) is 58.3 Å². The van der Waals surface area contributed by atoms with Gasteiger partial charge in [0, 0.05) is 37.8 Å². The molecule has 4 nitrogen and oxygen atoms in total. The van der Waals surface area contributed by atoms with E-state index in [1.54, 1.807) is 11.8 Å². The van der Waals surface area contributed by atoms with E-state index in [2.05, 4.69) is 0 Å². The Balaban J connectivity index is 1.94. The first-order chi connectivity index (χ1) is 10.2. The minimum absolute atomic E-state index is 0.0287.